The molecule has 0 spiro atoms. The summed E-state index contributed by atoms with van der Waals surface area (Å²) in [6.45, 7) is 2.15. The molecule has 0 amide bonds. The molecule has 0 unspecified atom stereocenters. The van der Waals surface area contributed by atoms with Crippen molar-refractivity contribution in [3.63, 3.8) is 0 Å². The van der Waals surface area contributed by atoms with Crippen LogP contribution in [0.25, 0.3) is 89.1 Å². The Morgan fingerprint density at radius 3 is 1.39 bits per heavy atom. The number of fused-ring (bicyclic) bond motifs is 3. The van der Waals surface area contributed by atoms with Crippen LogP contribution in [-0.4, -0.2) is 15.0 Å². The molecule has 0 N–H and O–H groups in total. The Balaban J connectivity index is 1.12. The van der Waals surface area contributed by atoms with Gasteiger partial charge in [-0.2, -0.15) is 0 Å². The molecule has 0 aliphatic carbocycles. The number of pyridine rings is 3. The third kappa shape index (κ3) is 5.96. The Hall–Kier alpha value is -6.71. The SMILES string of the molecule is Cc1cc(-c2ccccc2)nc2c1ccc1ccc(-c3cccc(-c4cccc(-c5cc(-c6ccccc6)cc(-c6ccccc6)n5)c4)c3)nc12. The summed E-state index contributed by atoms with van der Waals surface area (Å²) >= 11 is 0. The van der Waals surface area contributed by atoms with Crippen LogP contribution in [0.15, 0.2) is 182 Å². The zero-order valence-electron chi connectivity index (χ0n) is 28.2. The van der Waals surface area contributed by atoms with Crippen LogP contribution >= 0.6 is 0 Å². The largest absolute Gasteiger partial charge is 0.248 e. The van der Waals surface area contributed by atoms with Crippen molar-refractivity contribution in [2.24, 2.45) is 0 Å². The van der Waals surface area contributed by atoms with Gasteiger partial charge >= 0.3 is 0 Å². The van der Waals surface area contributed by atoms with E-state index in [2.05, 4.69) is 177 Å². The molecule has 0 atom stereocenters. The Bertz CT molecular complexity index is 2630. The fourth-order valence-electron chi connectivity index (χ4n) is 6.91. The lowest BCUT2D eigenvalue weighted by Crippen LogP contribution is -1.93. The normalized spacial score (nSPS) is 11.2. The second kappa shape index (κ2) is 13.0. The first-order chi connectivity index (χ1) is 25.2. The maximum atomic E-state index is 5.25. The van der Waals surface area contributed by atoms with E-state index in [1.165, 1.54) is 11.1 Å². The lowest BCUT2D eigenvalue weighted by molar-refractivity contribution is 1.32. The lowest BCUT2D eigenvalue weighted by Gasteiger charge is -2.12. The lowest BCUT2D eigenvalue weighted by atomic mass is 9.96. The number of nitrogens with zero attached hydrogens (tertiary/aromatic N) is 3. The summed E-state index contributed by atoms with van der Waals surface area (Å²) in [5, 5.41) is 2.20. The van der Waals surface area contributed by atoms with E-state index in [0.717, 1.165) is 83.5 Å². The summed E-state index contributed by atoms with van der Waals surface area (Å²) in [5.41, 5.74) is 15.7. The van der Waals surface area contributed by atoms with Gasteiger partial charge in [-0.05, 0) is 71.1 Å². The second-order valence-electron chi connectivity index (χ2n) is 12.9. The number of hydrogen-bond donors (Lipinski definition) is 0. The van der Waals surface area contributed by atoms with Crippen molar-refractivity contribution in [2.75, 3.05) is 0 Å². The van der Waals surface area contributed by atoms with E-state index in [1.54, 1.807) is 0 Å². The predicted octanol–water partition coefficient (Wildman–Crippen LogP) is 12.5. The highest BCUT2D eigenvalue weighted by Crippen LogP contribution is 2.35. The van der Waals surface area contributed by atoms with E-state index < -0.39 is 0 Å². The molecular weight excluding hydrogens is 619 g/mol. The van der Waals surface area contributed by atoms with E-state index in [1.807, 2.05) is 12.1 Å². The van der Waals surface area contributed by atoms with E-state index in [4.69, 9.17) is 15.0 Å². The molecule has 51 heavy (non-hydrogen) atoms. The molecule has 3 aromatic heterocycles. The van der Waals surface area contributed by atoms with Crippen molar-refractivity contribution >= 4 is 21.8 Å². The highest BCUT2D eigenvalue weighted by atomic mass is 14.8. The van der Waals surface area contributed by atoms with Gasteiger partial charge in [-0.15, -0.1) is 0 Å². The minimum atomic E-state index is 0.914. The van der Waals surface area contributed by atoms with Crippen LogP contribution < -0.4 is 0 Å². The summed E-state index contributed by atoms with van der Waals surface area (Å²) in [6, 6.07) is 63.7. The van der Waals surface area contributed by atoms with E-state index in [0.29, 0.717) is 0 Å². The molecular formula is C48H33N3. The topological polar surface area (TPSA) is 38.7 Å². The first-order valence-electron chi connectivity index (χ1n) is 17.3. The van der Waals surface area contributed by atoms with Crippen molar-refractivity contribution in [3.05, 3.63) is 188 Å². The molecule has 9 rings (SSSR count). The van der Waals surface area contributed by atoms with Crippen molar-refractivity contribution in [2.45, 2.75) is 6.92 Å². The van der Waals surface area contributed by atoms with Crippen LogP contribution in [0.5, 0.6) is 0 Å². The van der Waals surface area contributed by atoms with Crippen molar-refractivity contribution in [1.82, 2.24) is 15.0 Å². The molecule has 0 bridgehead atoms. The summed E-state index contributed by atoms with van der Waals surface area (Å²) in [4.78, 5) is 15.6. The standard InChI is InChI=1S/C48H33N3/c1-32-27-44(34-15-7-3-8-16-34)51-48-42(32)25-23-36-24-26-43(50-47(36)48)39-21-11-19-37(28-39)38-20-12-22-40(29-38)46-31-41(33-13-5-2-6-14-33)30-45(49-46)35-17-9-4-10-18-35/h2-31H,1H3. The average Bonchev–Trinajstić information content (AvgIpc) is 3.21. The summed E-state index contributed by atoms with van der Waals surface area (Å²) in [7, 11) is 0. The minimum absolute atomic E-state index is 0.914. The van der Waals surface area contributed by atoms with Gasteiger partial charge < -0.3 is 0 Å². The van der Waals surface area contributed by atoms with Gasteiger partial charge in [0.25, 0.3) is 0 Å². The number of aromatic nitrogens is 3. The molecule has 6 aromatic carbocycles. The number of benzene rings is 6. The first-order valence-corrected chi connectivity index (χ1v) is 17.3. The molecule has 0 aliphatic heterocycles. The molecule has 0 saturated heterocycles. The van der Waals surface area contributed by atoms with E-state index >= 15 is 0 Å². The zero-order chi connectivity index (χ0) is 34.1. The fraction of sp³-hybridized carbons (Fsp3) is 0.0208. The Kier molecular flexibility index (Phi) is 7.71. The van der Waals surface area contributed by atoms with E-state index in [-0.39, 0.29) is 0 Å². The highest BCUT2D eigenvalue weighted by molar-refractivity contribution is 6.05. The summed E-state index contributed by atoms with van der Waals surface area (Å²) < 4.78 is 0. The quantitative estimate of drug-likeness (QED) is 0.168. The Morgan fingerprint density at radius 2 is 0.765 bits per heavy atom. The van der Waals surface area contributed by atoms with Crippen molar-refractivity contribution in [3.8, 4) is 67.3 Å². The third-order valence-corrected chi connectivity index (χ3v) is 9.57. The number of rotatable bonds is 6. The molecule has 3 heterocycles. The summed E-state index contributed by atoms with van der Waals surface area (Å²) in [5.74, 6) is 0. The second-order valence-corrected chi connectivity index (χ2v) is 12.9. The van der Waals surface area contributed by atoms with Gasteiger partial charge in [0.05, 0.1) is 33.8 Å². The molecule has 0 aliphatic rings. The molecule has 0 radical (unpaired) electrons. The van der Waals surface area contributed by atoms with Gasteiger partial charge in [0.1, 0.15) is 0 Å². The van der Waals surface area contributed by atoms with Crippen LogP contribution in [0.2, 0.25) is 0 Å². The summed E-state index contributed by atoms with van der Waals surface area (Å²) in [6.07, 6.45) is 0. The maximum absolute atomic E-state index is 5.25. The van der Waals surface area contributed by atoms with Gasteiger partial charge in [0.15, 0.2) is 0 Å². The number of hydrogen-bond acceptors (Lipinski definition) is 3. The molecule has 3 nitrogen and oxygen atoms in total. The fourth-order valence-corrected chi connectivity index (χ4v) is 6.91. The molecule has 9 aromatic rings. The minimum Gasteiger partial charge on any atom is -0.248 e. The van der Waals surface area contributed by atoms with Gasteiger partial charge in [0, 0.05) is 33.0 Å². The van der Waals surface area contributed by atoms with Gasteiger partial charge in [-0.3, -0.25) is 0 Å². The molecule has 0 saturated carbocycles. The predicted molar refractivity (Wildman–Crippen MR) is 212 cm³/mol. The Labute approximate surface area is 297 Å². The van der Waals surface area contributed by atoms with Gasteiger partial charge in [0.2, 0.25) is 0 Å². The monoisotopic (exact) mass is 651 g/mol. The van der Waals surface area contributed by atoms with Crippen molar-refractivity contribution in [1.29, 1.82) is 0 Å². The average molecular weight is 652 g/mol. The zero-order valence-corrected chi connectivity index (χ0v) is 28.2. The van der Waals surface area contributed by atoms with Gasteiger partial charge in [-0.25, -0.2) is 15.0 Å². The highest BCUT2D eigenvalue weighted by Gasteiger charge is 2.13. The van der Waals surface area contributed by atoms with Crippen LogP contribution in [0.4, 0.5) is 0 Å². The first kappa shape index (κ1) is 30.4. The maximum Gasteiger partial charge on any atom is 0.0975 e. The third-order valence-electron chi connectivity index (χ3n) is 9.57. The van der Waals surface area contributed by atoms with Crippen LogP contribution in [0.3, 0.4) is 0 Å². The van der Waals surface area contributed by atoms with Crippen molar-refractivity contribution < 1.29 is 0 Å². The van der Waals surface area contributed by atoms with E-state index in [9.17, 15) is 0 Å². The molecule has 240 valence electrons. The van der Waals surface area contributed by atoms with Crippen LogP contribution in [-0.2, 0) is 0 Å². The Morgan fingerprint density at radius 1 is 0.294 bits per heavy atom. The van der Waals surface area contributed by atoms with Gasteiger partial charge in [-0.1, -0.05) is 146 Å². The molecule has 3 heteroatoms. The van der Waals surface area contributed by atoms with Crippen LogP contribution in [0, 0.1) is 6.92 Å². The number of aryl methyl sites for hydroxylation is 1. The van der Waals surface area contributed by atoms with Crippen LogP contribution in [0.1, 0.15) is 5.56 Å². The smallest absolute Gasteiger partial charge is 0.0975 e. The molecule has 0 fully saturated rings.